The molecule has 1 fully saturated rings. The number of aliphatic hydroxyl groups excluding tert-OH is 1. The van der Waals surface area contributed by atoms with Crippen LogP contribution in [0.5, 0.6) is 0 Å². The van der Waals surface area contributed by atoms with Crippen LogP contribution >= 0.6 is 0 Å². The minimum absolute atomic E-state index is 0.218. The van der Waals surface area contributed by atoms with Gasteiger partial charge in [0.25, 0.3) is 0 Å². The lowest BCUT2D eigenvalue weighted by molar-refractivity contribution is -0.138. The average Bonchev–Trinajstić information content (AvgIpc) is 2.92. The van der Waals surface area contributed by atoms with Gasteiger partial charge in [0.15, 0.2) is 0 Å². The van der Waals surface area contributed by atoms with Gasteiger partial charge in [-0.2, -0.15) is 26.3 Å². The van der Waals surface area contributed by atoms with Crippen LogP contribution in [0.2, 0.25) is 0 Å². The molecule has 0 bridgehead atoms. The molecule has 0 unspecified atom stereocenters. The zero-order valence-electron chi connectivity index (χ0n) is 21.1. The van der Waals surface area contributed by atoms with Crippen LogP contribution in [0.3, 0.4) is 0 Å². The first-order valence-electron chi connectivity index (χ1n) is 12.7. The van der Waals surface area contributed by atoms with Gasteiger partial charge in [-0.3, -0.25) is 4.98 Å². The van der Waals surface area contributed by atoms with Crippen molar-refractivity contribution >= 4 is 22.4 Å². The average molecular weight is 562 g/mol. The molecule has 4 aromatic rings. The Morgan fingerprint density at radius 1 is 0.900 bits per heavy atom. The van der Waals surface area contributed by atoms with E-state index in [4.69, 9.17) is 0 Å². The highest BCUT2D eigenvalue weighted by molar-refractivity contribution is 5.93. The lowest BCUT2D eigenvalue weighted by atomic mass is 10.0. The predicted octanol–water partition coefficient (Wildman–Crippen LogP) is 6.47. The molecule has 1 saturated heterocycles. The molecule has 1 aliphatic heterocycles. The van der Waals surface area contributed by atoms with E-state index in [2.05, 4.69) is 25.2 Å². The summed E-state index contributed by atoms with van der Waals surface area (Å²) in [6.45, 7) is 2.04. The molecule has 0 amide bonds. The van der Waals surface area contributed by atoms with Crippen molar-refractivity contribution in [2.24, 2.45) is 0 Å². The van der Waals surface area contributed by atoms with Gasteiger partial charge in [0.2, 0.25) is 0 Å². The molecule has 6 nitrogen and oxygen atoms in total. The van der Waals surface area contributed by atoms with E-state index < -0.39 is 23.5 Å². The van der Waals surface area contributed by atoms with E-state index in [0.717, 1.165) is 31.3 Å². The highest BCUT2D eigenvalue weighted by atomic mass is 19.4. The molecule has 5 rings (SSSR count). The molecule has 3 heterocycles. The molecular weight excluding hydrogens is 536 g/mol. The zero-order valence-corrected chi connectivity index (χ0v) is 21.1. The number of fused-ring (bicyclic) bond motifs is 1. The third-order valence-corrected chi connectivity index (χ3v) is 6.81. The fraction of sp³-hybridized carbons (Fsp3) is 0.321. The Hall–Kier alpha value is -3.77. The molecule has 0 radical (unpaired) electrons. The molecule has 210 valence electrons. The zero-order chi connectivity index (χ0) is 28.5. The molecule has 0 aliphatic carbocycles. The number of benzene rings is 2. The first-order chi connectivity index (χ1) is 19.0. The van der Waals surface area contributed by atoms with E-state index in [1.165, 1.54) is 36.5 Å². The van der Waals surface area contributed by atoms with Gasteiger partial charge < -0.3 is 15.3 Å². The van der Waals surface area contributed by atoms with Gasteiger partial charge in [-0.05, 0) is 61.4 Å². The number of aromatic nitrogens is 3. The number of aliphatic hydroxyl groups is 1. The van der Waals surface area contributed by atoms with Gasteiger partial charge in [0.1, 0.15) is 11.6 Å². The number of nitrogens with one attached hydrogen (secondary N) is 1. The first kappa shape index (κ1) is 27.8. The topological polar surface area (TPSA) is 74.2 Å². The number of likely N-dealkylation sites (tertiary alicyclic amines) is 1. The van der Waals surface area contributed by atoms with Crippen molar-refractivity contribution in [3.63, 3.8) is 0 Å². The van der Waals surface area contributed by atoms with Crippen LogP contribution in [0.15, 0.2) is 60.8 Å². The van der Waals surface area contributed by atoms with E-state index in [0.29, 0.717) is 54.0 Å². The van der Waals surface area contributed by atoms with Crippen molar-refractivity contribution in [3.05, 3.63) is 77.7 Å². The maximum atomic E-state index is 13.7. The van der Waals surface area contributed by atoms with Crippen LogP contribution in [0.4, 0.5) is 37.8 Å². The molecular formula is C28H25F6N5O. The maximum Gasteiger partial charge on any atom is 0.418 e. The minimum atomic E-state index is -4.60. The van der Waals surface area contributed by atoms with Crippen molar-refractivity contribution in [3.8, 4) is 11.3 Å². The predicted molar refractivity (Wildman–Crippen MR) is 138 cm³/mol. The third-order valence-electron chi connectivity index (χ3n) is 6.81. The Morgan fingerprint density at radius 2 is 1.62 bits per heavy atom. The second-order valence-electron chi connectivity index (χ2n) is 9.64. The monoisotopic (exact) mass is 561 g/mol. The molecule has 0 saturated carbocycles. The third kappa shape index (κ3) is 6.34. The van der Waals surface area contributed by atoms with Gasteiger partial charge in [-0.15, -0.1) is 0 Å². The van der Waals surface area contributed by atoms with E-state index in [1.54, 1.807) is 6.07 Å². The van der Waals surface area contributed by atoms with Crippen LogP contribution in [-0.2, 0) is 18.8 Å². The number of nitrogens with zero attached hydrogens (tertiary/aromatic N) is 4. The molecule has 1 aliphatic rings. The van der Waals surface area contributed by atoms with Gasteiger partial charge >= 0.3 is 12.4 Å². The lowest BCUT2D eigenvalue weighted by Gasteiger charge is -2.29. The lowest BCUT2D eigenvalue weighted by Crippen LogP contribution is -2.37. The Balaban J connectivity index is 1.52. The summed E-state index contributed by atoms with van der Waals surface area (Å²) in [5.41, 5.74) is -0.962. The van der Waals surface area contributed by atoms with Gasteiger partial charge in [0, 0.05) is 48.9 Å². The van der Waals surface area contributed by atoms with Gasteiger partial charge in [-0.25, -0.2) is 9.97 Å². The normalized spacial score (nSPS) is 15.5. The molecule has 2 N–H and O–H groups in total. The molecule has 0 atom stereocenters. The highest BCUT2D eigenvalue weighted by Gasteiger charge is 2.34. The number of anilines is 2. The first-order valence-corrected chi connectivity index (χ1v) is 12.7. The minimum Gasteiger partial charge on any atom is -0.393 e. The molecule has 2 aromatic carbocycles. The summed E-state index contributed by atoms with van der Waals surface area (Å²) in [6, 6.07) is 11.2. The van der Waals surface area contributed by atoms with Crippen molar-refractivity contribution in [1.29, 1.82) is 0 Å². The van der Waals surface area contributed by atoms with Crippen molar-refractivity contribution in [2.45, 2.75) is 37.7 Å². The highest BCUT2D eigenvalue weighted by Crippen LogP contribution is 2.37. The summed E-state index contributed by atoms with van der Waals surface area (Å²) in [6.07, 6.45) is -6.37. The number of halogens is 6. The van der Waals surface area contributed by atoms with Crippen LogP contribution in [0, 0.1) is 0 Å². The fourth-order valence-corrected chi connectivity index (χ4v) is 4.68. The summed E-state index contributed by atoms with van der Waals surface area (Å²) in [5.74, 6) is 0.736. The summed E-state index contributed by atoms with van der Waals surface area (Å²) < 4.78 is 80.0. The molecule has 40 heavy (non-hydrogen) atoms. The number of pyridine rings is 1. The molecule has 12 heteroatoms. The van der Waals surface area contributed by atoms with Crippen molar-refractivity contribution in [2.75, 3.05) is 25.0 Å². The second-order valence-corrected chi connectivity index (χ2v) is 9.64. The number of hydrogen-bond acceptors (Lipinski definition) is 6. The summed E-state index contributed by atoms with van der Waals surface area (Å²) in [7, 11) is 0. The van der Waals surface area contributed by atoms with E-state index in [-0.39, 0.29) is 17.4 Å². The quantitative estimate of drug-likeness (QED) is 0.263. The smallest absolute Gasteiger partial charge is 0.393 e. The maximum absolute atomic E-state index is 13.7. The van der Waals surface area contributed by atoms with Crippen molar-refractivity contribution in [1.82, 2.24) is 19.9 Å². The Kier molecular flexibility index (Phi) is 7.65. The molecule has 0 spiro atoms. The summed E-state index contributed by atoms with van der Waals surface area (Å²) >= 11 is 0. The van der Waals surface area contributed by atoms with Crippen LogP contribution in [0.1, 0.15) is 29.8 Å². The Bertz CT molecular complexity index is 1480. The Morgan fingerprint density at radius 3 is 2.30 bits per heavy atom. The van der Waals surface area contributed by atoms with Crippen LogP contribution in [-0.4, -0.2) is 50.7 Å². The Labute approximate surface area is 225 Å². The SMILES string of the molecule is OC1CCN(CCc2nc(Nc3ccc(C(F)(F)F)cc3)c3ccc(-c4ncccc4C(F)(F)F)cc3n2)CC1. The number of hydrogen-bond donors (Lipinski definition) is 2. The number of piperidine rings is 1. The van der Waals surface area contributed by atoms with Gasteiger partial charge in [-0.1, -0.05) is 6.07 Å². The standard InChI is InChI=1S/C28H25F6N5O/c29-27(30,31)18-4-6-19(7-5-18)36-26-21-8-3-17(25-22(28(32,33)34)2-1-12-35-25)16-23(21)37-24(38-26)11-15-39-13-9-20(40)10-14-39/h1-8,12,16,20,40H,9-11,13-15H2,(H,36,37,38). The fourth-order valence-electron chi connectivity index (χ4n) is 4.68. The summed E-state index contributed by atoms with van der Waals surface area (Å²) in [5, 5.41) is 13.3. The van der Waals surface area contributed by atoms with E-state index >= 15 is 0 Å². The summed E-state index contributed by atoms with van der Waals surface area (Å²) in [4.78, 5) is 15.4. The van der Waals surface area contributed by atoms with E-state index in [9.17, 15) is 31.4 Å². The second kappa shape index (κ2) is 11.0. The van der Waals surface area contributed by atoms with Crippen LogP contribution < -0.4 is 5.32 Å². The number of rotatable bonds is 6. The number of alkyl halides is 6. The largest absolute Gasteiger partial charge is 0.418 e. The molecule has 2 aromatic heterocycles. The van der Waals surface area contributed by atoms with E-state index in [1.807, 2.05) is 0 Å². The van der Waals surface area contributed by atoms with Crippen LogP contribution in [0.25, 0.3) is 22.2 Å². The van der Waals surface area contributed by atoms with Crippen molar-refractivity contribution < 1.29 is 31.4 Å². The van der Waals surface area contributed by atoms with Gasteiger partial charge in [0.05, 0.1) is 28.4 Å².